The number of carbonyl (C=O) groups is 2. The molecule has 32 heavy (non-hydrogen) atoms. The number of amides is 2. The lowest BCUT2D eigenvalue weighted by molar-refractivity contribution is -0.118. The molecule has 2 amide bonds. The van der Waals surface area contributed by atoms with Crippen molar-refractivity contribution in [1.29, 1.82) is 0 Å². The number of rotatable bonds is 5. The molecule has 2 aromatic carbocycles. The van der Waals surface area contributed by atoms with Gasteiger partial charge in [-0.25, -0.2) is 5.43 Å². The molecule has 3 unspecified atom stereocenters. The fraction of sp³-hybridized carbons (Fsp3) is 0.333. The molecular formula is C24H23ClN4O3. The number of aromatic nitrogens is 2. The molecule has 3 atom stereocenters. The summed E-state index contributed by atoms with van der Waals surface area (Å²) in [4.78, 5) is 39.5. The Kier molecular flexibility index (Phi) is 5.43. The van der Waals surface area contributed by atoms with Crippen molar-refractivity contribution >= 4 is 39.9 Å². The Bertz CT molecular complexity index is 1250. The molecule has 5 rings (SSSR count). The second-order valence-corrected chi connectivity index (χ2v) is 9.18. The summed E-state index contributed by atoms with van der Waals surface area (Å²) in [6.45, 7) is 0. The van der Waals surface area contributed by atoms with Gasteiger partial charge in [0.1, 0.15) is 0 Å². The van der Waals surface area contributed by atoms with Crippen LogP contribution in [-0.4, -0.2) is 21.7 Å². The second kappa shape index (κ2) is 8.39. The molecule has 0 saturated heterocycles. The zero-order valence-corrected chi connectivity index (χ0v) is 18.1. The first kappa shape index (κ1) is 20.7. The van der Waals surface area contributed by atoms with Crippen molar-refractivity contribution in [3.63, 3.8) is 0 Å². The minimum absolute atomic E-state index is 0.0513. The van der Waals surface area contributed by atoms with E-state index in [1.165, 1.54) is 19.3 Å². The zero-order chi connectivity index (χ0) is 22.2. The summed E-state index contributed by atoms with van der Waals surface area (Å²) in [5.41, 5.74) is 2.74. The van der Waals surface area contributed by atoms with Crippen molar-refractivity contribution in [3.05, 3.63) is 69.6 Å². The number of carbonyl (C=O) groups excluding carboxylic acids is 2. The summed E-state index contributed by atoms with van der Waals surface area (Å²) in [5, 5.41) is 8.26. The van der Waals surface area contributed by atoms with E-state index < -0.39 is 11.5 Å². The van der Waals surface area contributed by atoms with E-state index >= 15 is 0 Å². The van der Waals surface area contributed by atoms with Gasteiger partial charge < -0.3 is 5.32 Å². The lowest BCUT2D eigenvalue weighted by Crippen LogP contribution is -2.38. The Labute approximate surface area is 189 Å². The van der Waals surface area contributed by atoms with Crippen LogP contribution < -0.4 is 16.3 Å². The van der Waals surface area contributed by atoms with Crippen LogP contribution in [-0.2, 0) is 4.79 Å². The Morgan fingerprint density at radius 3 is 2.47 bits per heavy atom. The van der Waals surface area contributed by atoms with Gasteiger partial charge in [-0.1, -0.05) is 36.2 Å². The van der Waals surface area contributed by atoms with E-state index in [4.69, 9.17) is 11.6 Å². The van der Waals surface area contributed by atoms with Crippen molar-refractivity contribution < 1.29 is 9.59 Å². The van der Waals surface area contributed by atoms with Gasteiger partial charge in [0.2, 0.25) is 5.91 Å². The average molecular weight is 451 g/mol. The van der Waals surface area contributed by atoms with Crippen molar-refractivity contribution in [2.45, 2.75) is 32.1 Å². The lowest BCUT2D eigenvalue weighted by Gasteiger charge is -2.21. The summed E-state index contributed by atoms with van der Waals surface area (Å²) < 4.78 is 0. The topological polar surface area (TPSA) is 93.1 Å². The maximum Gasteiger partial charge on any atom is 0.294 e. The van der Waals surface area contributed by atoms with Crippen LogP contribution in [0.15, 0.2) is 53.3 Å². The number of anilines is 1. The summed E-state index contributed by atoms with van der Waals surface area (Å²) >= 11 is 5.91. The molecule has 0 aliphatic heterocycles. The van der Waals surface area contributed by atoms with Crippen LogP contribution in [0.3, 0.4) is 0 Å². The van der Waals surface area contributed by atoms with E-state index in [1.54, 1.807) is 48.5 Å². The van der Waals surface area contributed by atoms with E-state index in [2.05, 4.69) is 15.8 Å². The monoisotopic (exact) mass is 450 g/mol. The van der Waals surface area contributed by atoms with Crippen LogP contribution in [0.2, 0.25) is 5.02 Å². The largest absolute Gasteiger partial charge is 0.321 e. The van der Waals surface area contributed by atoms with E-state index in [-0.39, 0.29) is 11.6 Å². The number of benzene rings is 2. The normalized spacial score (nSPS) is 21.6. The maximum atomic E-state index is 13.0. The van der Waals surface area contributed by atoms with E-state index in [9.17, 15) is 14.4 Å². The SMILES string of the molecule is O=C(CC1CC2CCC1C2)Nn1nc(C(=O)Nc2ccc(Cl)cc2)c2ccccc2c1=O. The molecular weight excluding hydrogens is 428 g/mol. The Morgan fingerprint density at radius 1 is 1.03 bits per heavy atom. The molecule has 2 saturated carbocycles. The van der Waals surface area contributed by atoms with Crippen LogP contribution in [0.1, 0.15) is 42.6 Å². The molecule has 2 aliphatic carbocycles. The maximum absolute atomic E-state index is 13.0. The highest BCUT2D eigenvalue weighted by Crippen LogP contribution is 2.49. The number of fused-ring (bicyclic) bond motifs is 3. The molecule has 1 heterocycles. The smallest absolute Gasteiger partial charge is 0.294 e. The molecule has 8 heteroatoms. The molecule has 164 valence electrons. The van der Waals surface area contributed by atoms with Crippen molar-refractivity contribution in [2.24, 2.45) is 17.8 Å². The van der Waals surface area contributed by atoms with Crippen molar-refractivity contribution in [1.82, 2.24) is 9.89 Å². The molecule has 1 aromatic heterocycles. The Morgan fingerprint density at radius 2 is 1.78 bits per heavy atom. The lowest BCUT2D eigenvalue weighted by atomic mass is 9.86. The average Bonchev–Trinajstić information content (AvgIpc) is 3.40. The highest BCUT2D eigenvalue weighted by molar-refractivity contribution is 6.30. The molecule has 7 nitrogen and oxygen atoms in total. The first-order chi connectivity index (χ1) is 15.5. The number of hydrogen-bond donors (Lipinski definition) is 2. The van der Waals surface area contributed by atoms with Gasteiger partial charge in [0.15, 0.2) is 5.69 Å². The third-order valence-electron chi connectivity index (χ3n) is 6.68. The third-order valence-corrected chi connectivity index (χ3v) is 6.94. The van der Waals surface area contributed by atoms with Gasteiger partial charge in [-0.05, 0) is 67.3 Å². The first-order valence-electron chi connectivity index (χ1n) is 10.9. The quantitative estimate of drug-likeness (QED) is 0.609. The summed E-state index contributed by atoms with van der Waals surface area (Å²) in [6.07, 6.45) is 5.11. The molecule has 0 spiro atoms. The minimum Gasteiger partial charge on any atom is -0.321 e. The van der Waals surface area contributed by atoms with E-state index in [0.717, 1.165) is 17.1 Å². The predicted octanol–water partition coefficient (Wildman–Crippen LogP) is 4.20. The molecule has 2 bridgehead atoms. The molecule has 2 fully saturated rings. The predicted molar refractivity (Wildman–Crippen MR) is 123 cm³/mol. The molecule has 0 radical (unpaired) electrons. The van der Waals surface area contributed by atoms with E-state index in [1.807, 2.05) is 0 Å². The Hall–Kier alpha value is -3.19. The number of nitrogens with zero attached hydrogens (tertiary/aromatic N) is 2. The highest BCUT2D eigenvalue weighted by atomic mass is 35.5. The van der Waals surface area contributed by atoms with Gasteiger partial charge >= 0.3 is 0 Å². The fourth-order valence-electron chi connectivity index (χ4n) is 5.18. The van der Waals surface area contributed by atoms with Crippen molar-refractivity contribution in [3.8, 4) is 0 Å². The number of nitrogens with one attached hydrogen (secondary N) is 2. The first-order valence-corrected chi connectivity index (χ1v) is 11.2. The summed E-state index contributed by atoms with van der Waals surface area (Å²) in [7, 11) is 0. The summed E-state index contributed by atoms with van der Waals surface area (Å²) in [5.74, 6) is 0.962. The highest BCUT2D eigenvalue weighted by Gasteiger charge is 2.40. The van der Waals surface area contributed by atoms with Crippen LogP contribution in [0.25, 0.3) is 10.8 Å². The summed E-state index contributed by atoms with van der Waals surface area (Å²) in [6, 6.07) is 13.4. The minimum atomic E-state index is -0.486. The standard InChI is InChI=1S/C24H23ClN4O3/c25-17-7-9-18(10-8-17)26-23(31)22-19-3-1-2-4-20(19)24(32)29(28-22)27-21(30)13-16-12-14-5-6-15(16)11-14/h1-4,7-10,14-16H,5-6,11-13H2,(H,26,31)(H,27,30). The molecule has 2 N–H and O–H groups in total. The zero-order valence-electron chi connectivity index (χ0n) is 17.4. The second-order valence-electron chi connectivity index (χ2n) is 8.75. The van der Waals surface area contributed by atoms with Crippen LogP contribution >= 0.6 is 11.6 Å². The third kappa shape index (κ3) is 4.00. The van der Waals surface area contributed by atoms with Gasteiger partial charge in [-0.2, -0.15) is 0 Å². The van der Waals surface area contributed by atoms with Gasteiger partial charge in [0.05, 0.1) is 5.39 Å². The van der Waals surface area contributed by atoms with Crippen molar-refractivity contribution in [2.75, 3.05) is 10.7 Å². The van der Waals surface area contributed by atoms with Gasteiger partial charge in [-0.15, -0.1) is 9.89 Å². The molecule has 3 aromatic rings. The Balaban J connectivity index is 1.42. The molecule has 2 aliphatic rings. The number of hydrogen-bond acceptors (Lipinski definition) is 4. The number of halogens is 1. The van der Waals surface area contributed by atoms with Gasteiger partial charge in [0, 0.05) is 22.5 Å². The van der Waals surface area contributed by atoms with Gasteiger partial charge in [0.25, 0.3) is 11.5 Å². The fourth-order valence-corrected chi connectivity index (χ4v) is 5.31. The van der Waals surface area contributed by atoms with E-state index in [0.29, 0.717) is 39.7 Å². The van der Waals surface area contributed by atoms with Crippen LogP contribution in [0.5, 0.6) is 0 Å². The van der Waals surface area contributed by atoms with Crippen LogP contribution in [0.4, 0.5) is 5.69 Å². The van der Waals surface area contributed by atoms with Crippen LogP contribution in [0, 0.1) is 17.8 Å². The van der Waals surface area contributed by atoms with Gasteiger partial charge in [-0.3, -0.25) is 14.4 Å².